The van der Waals surface area contributed by atoms with E-state index in [4.69, 9.17) is 9.47 Å². The average molecular weight is 520 g/mol. The van der Waals surface area contributed by atoms with Gasteiger partial charge in [-0.25, -0.2) is 4.39 Å². The fourth-order valence-corrected chi connectivity index (χ4v) is 3.80. The number of rotatable bonds is 6. The van der Waals surface area contributed by atoms with Crippen LogP contribution in [0.15, 0.2) is 29.3 Å². The number of nitrogens with one attached hydrogen (secondary N) is 1. The molecule has 0 bridgehead atoms. The predicted octanol–water partition coefficient (Wildman–Crippen LogP) is 2.89. The van der Waals surface area contributed by atoms with Crippen molar-refractivity contribution in [2.45, 2.75) is 32.0 Å². The molecule has 164 valence electrons. The van der Waals surface area contributed by atoms with Crippen molar-refractivity contribution in [1.29, 1.82) is 0 Å². The van der Waals surface area contributed by atoms with Gasteiger partial charge in [-0.1, -0.05) is 12.1 Å². The van der Waals surface area contributed by atoms with Gasteiger partial charge >= 0.3 is 0 Å². The third-order valence-electron chi connectivity index (χ3n) is 5.30. The number of halogens is 2. The first-order valence-electron chi connectivity index (χ1n) is 10.3. The topological polar surface area (TPSA) is 49.3 Å². The summed E-state index contributed by atoms with van der Waals surface area (Å²) >= 11 is 0. The molecule has 2 heterocycles. The van der Waals surface area contributed by atoms with Crippen molar-refractivity contribution in [3.05, 3.63) is 35.6 Å². The van der Waals surface area contributed by atoms with Crippen LogP contribution in [0.5, 0.6) is 0 Å². The molecule has 0 aliphatic carbocycles. The monoisotopic (exact) mass is 520 g/mol. The largest absolute Gasteiger partial charge is 0.379 e. The van der Waals surface area contributed by atoms with Gasteiger partial charge in [0, 0.05) is 33.2 Å². The Morgan fingerprint density at radius 2 is 1.90 bits per heavy atom. The highest BCUT2D eigenvalue weighted by Crippen LogP contribution is 2.25. The van der Waals surface area contributed by atoms with Gasteiger partial charge in [0.05, 0.1) is 25.9 Å². The molecule has 2 unspecified atom stereocenters. The second-order valence-corrected chi connectivity index (χ2v) is 7.53. The molecule has 2 aliphatic rings. The highest BCUT2D eigenvalue weighted by molar-refractivity contribution is 14.0. The van der Waals surface area contributed by atoms with Gasteiger partial charge in [0.15, 0.2) is 5.96 Å². The van der Waals surface area contributed by atoms with Gasteiger partial charge in [-0.2, -0.15) is 0 Å². The zero-order valence-electron chi connectivity index (χ0n) is 17.5. The van der Waals surface area contributed by atoms with Crippen LogP contribution in [0.4, 0.5) is 4.39 Å². The van der Waals surface area contributed by atoms with Gasteiger partial charge in [0.2, 0.25) is 0 Å². The van der Waals surface area contributed by atoms with E-state index in [0.717, 1.165) is 63.9 Å². The molecule has 8 heteroatoms. The molecule has 2 fully saturated rings. The standard InChI is InChI=1S/C21H33FN4O2.HI/c1-17-15-26(16-20(28-17)18-5-7-19(22)8-6-18)21(23-2)24-9-3-4-10-25-11-13-27-14-12-25;/h5-8,17,20H,3-4,9-16H2,1-2H3,(H,23,24);1H. The van der Waals surface area contributed by atoms with Crippen LogP contribution < -0.4 is 5.32 Å². The van der Waals surface area contributed by atoms with Crippen LogP contribution >= 0.6 is 24.0 Å². The first-order valence-corrected chi connectivity index (χ1v) is 10.3. The second kappa shape index (κ2) is 12.7. The SMILES string of the molecule is CN=C(NCCCCN1CCOCC1)N1CC(C)OC(c2ccc(F)cc2)C1.I. The molecule has 1 aromatic rings. The number of morpholine rings is 2. The van der Waals surface area contributed by atoms with Crippen LogP contribution in [-0.2, 0) is 9.47 Å². The summed E-state index contributed by atoms with van der Waals surface area (Å²) in [6.07, 6.45) is 2.28. The maximum Gasteiger partial charge on any atom is 0.193 e. The Hall–Kier alpha value is -0.970. The summed E-state index contributed by atoms with van der Waals surface area (Å²) in [5.74, 6) is 0.688. The number of hydrogen-bond acceptors (Lipinski definition) is 4. The van der Waals surface area contributed by atoms with Gasteiger partial charge in [-0.3, -0.25) is 9.89 Å². The molecule has 0 spiro atoms. The molecule has 1 aromatic carbocycles. The van der Waals surface area contributed by atoms with Crippen LogP contribution in [0.1, 0.15) is 31.4 Å². The number of hydrogen-bond donors (Lipinski definition) is 1. The maximum absolute atomic E-state index is 13.2. The average Bonchev–Trinajstić information content (AvgIpc) is 2.71. The minimum atomic E-state index is -0.223. The van der Waals surface area contributed by atoms with Crippen molar-refractivity contribution >= 4 is 29.9 Å². The normalized spacial score (nSPS) is 23.6. The smallest absolute Gasteiger partial charge is 0.193 e. The summed E-state index contributed by atoms with van der Waals surface area (Å²) in [7, 11) is 1.82. The van der Waals surface area contributed by atoms with E-state index in [1.165, 1.54) is 18.6 Å². The van der Waals surface area contributed by atoms with Crippen LogP contribution in [0.3, 0.4) is 0 Å². The van der Waals surface area contributed by atoms with E-state index >= 15 is 0 Å². The predicted molar refractivity (Wildman–Crippen MR) is 125 cm³/mol. The zero-order valence-corrected chi connectivity index (χ0v) is 19.8. The lowest BCUT2D eigenvalue weighted by Gasteiger charge is -2.38. The quantitative estimate of drug-likeness (QED) is 0.271. The summed E-state index contributed by atoms with van der Waals surface area (Å²) in [6.45, 7) is 9.42. The Morgan fingerprint density at radius 1 is 1.17 bits per heavy atom. The molecule has 2 saturated heterocycles. The summed E-state index contributed by atoms with van der Waals surface area (Å²) < 4.78 is 24.7. The Bertz CT molecular complexity index is 626. The zero-order chi connectivity index (χ0) is 19.8. The fourth-order valence-electron chi connectivity index (χ4n) is 3.80. The van der Waals surface area contributed by atoms with Gasteiger partial charge in [-0.05, 0) is 44.0 Å². The van der Waals surface area contributed by atoms with Gasteiger partial charge in [-0.15, -0.1) is 24.0 Å². The number of nitrogens with zero attached hydrogens (tertiary/aromatic N) is 3. The molecule has 29 heavy (non-hydrogen) atoms. The Morgan fingerprint density at radius 3 is 2.59 bits per heavy atom. The van der Waals surface area contributed by atoms with Gasteiger partial charge in [0.1, 0.15) is 11.9 Å². The number of unbranched alkanes of at least 4 members (excludes halogenated alkanes) is 1. The lowest BCUT2D eigenvalue weighted by molar-refractivity contribution is -0.0605. The number of guanidine groups is 1. The van der Waals surface area contributed by atoms with Crippen molar-refractivity contribution in [2.24, 2.45) is 4.99 Å². The van der Waals surface area contributed by atoms with Gasteiger partial charge < -0.3 is 19.7 Å². The summed E-state index contributed by atoms with van der Waals surface area (Å²) in [5, 5.41) is 3.50. The molecule has 1 N–H and O–H groups in total. The lowest BCUT2D eigenvalue weighted by atomic mass is 10.1. The molecule has 2 atom stereocenters. The van der Waals surface area contributed by atoms with Crippen molar-refractivity contribution in [3.8, 4) is 0 Å². The van der Waals surface area contributed by atoms with Crippen LogP contribution in [0.2, 0.25) is 0 Å². The highest BCUT2D eigenvalue weighted by atomic mass is 127. The van der Waals surface area contributed by atoms with Crippen molar-refractivity contribution in [1.82, 2.24) is 15.1 Å². The van der Waals surface area contributed by atoms with E-state index in [9.17, 15) is 4.39 Å². The van der Waals surface area contributed by atoms with E-state index in [-0.39, 0.29) is 42.0 Å². The molecule has 0 radical (unpaired) electrons. The van der Waals surface area contributed by atoms with E-state index in [1.807, 2.05) is 7.05 Å². The molecule has 3 rings (SSSR count). The summed E-state index contributed by atoms with van der Waals surface area (Å²) in [4.78, 5) is 9.17. The summed E-state index contributed by atoms with van der Waals surface area (Å²) in [6, 6.07) is 6.59. The Balaban J connectivity index is 0.00000300. The third kappa shape index (κ3) is 7.66. The van der Waals surface area contributed by atoms with Crippen molar-refractivity contribution < 1.29 is 13.9 Å². The van der Waals surface area contributed by atoms with E-state index < -0.39 is 0 Å². The van der Waals surface area contributed by atoms with Gasteiger partial charge in [0.25, 0.3) is 0 Å². The first kappa shape index (κ1) is 24.3. The lowest BCUT2D eigenvalue weighted by Crippen LogP contribution is -2.50. The first-order chi connectivity index (χ1) is 13.7. The van der Waals surface area contributed by atoms with Crippen LogP contribution in [0.25, 0.3) is 0 Å². The molecule has 0 saturated carbocycles. The fraction of sp³-hybridized carbons (Fsp3) is 0.667. The molecule has 2 aliphatic heterocycles. The number of aliphatic imine (C=N–C) groups is 1. The van der Waals surface area contributed by atoms with E-state index in [2.05, 4.69) is 27.0 Å². The number of ether oxygens (including phenoxy) is 2. The second-order valence-electron chi connectivity index (χ2n) is 7.53. The van der Waals surface area contributed by atoms with Crippen molar-refractivity contribution in [3.63, 3.8) is 0 Å². The maximum atomic E-state index is 13.2. The minimum Gasteiger partial charge on any atom is -0.379 e. The molecular formula is C21H34FIN4O2. The molecule has 0 aromatic heterocycles. The van der Waals surface area contributed by atoms with Crippen molar-refractivity contribution in [2.75, 3.05) is 59.5 Å². The highest BCUT2D eigenvalue weighted by Gasteiger charge is 2.28. The Kier molecular flexibility index (Phi) is 10.6. The van der Waals surface area contributed by atoms with E-state index in [0.29, 0.717) is 6.54 Å². The third-order valence-corrected chi connectivity index (χ3v) is 5.30. The molecular weight excluding hydrogens is 486 g/mol. The number of benzene rings is 1. The molecule has 0 amide bonds. The minimum absolute atomic E-state index is 0. The van der Waals surface area contributed by atoms with Crippen LogP contribution in [0, 0.1) is 5.82 Å². The van der Waals surface area contributed by atoms with Crippen LogP contribution in [-0.4, -0.2) is 81.4 Å². The Labute approximate surface area is 190 Å². The van der Waals surface area contributed by atoms with E-state index in [1.54, 1.807) is 12.1 Å². The summed E-state index contributed by atoms with van der Waals surface area (Å²) in [5.41, 5.74) is 0.999. The molecule has 6 nitrogen and oxygen atoms in total.